The van der Waals surface area contributed by atoms with Crippen LogP contribution in [0.15, 0.2) is 24.7 Å². The molecule has 1 saturated carbocycles. The second-order valence-corrected chi connectivity index (χ2v) is 5.67. The fraction of sp³-hybridized carbons (Fsp3) is 0.429. The second kappa shape index (κ2) is 4.13. The minimum atomic E-state index is 0.452. The van der Waals surface area contributed by atoms with Crippen molar-refractivity contribution >= 4 is 11.8 Å². The molecule has 20 heavy (non-hydrogen) atoms. The maximum Gasteiger partial charge on any atom is 0.225 e. The first kappa shape index (κ1) is 11.6. The largest absolute Gasteiger partial charge is 0.384 e. The number of nitrogens with two attached hydrogens (primary N) is 1. The van der Waals surface area contributed by atoms with Crippen molar-refractivity contribution < 1.29 is 0 Å². The molecule has 1 aliphatic heterocycles. The van der Waals surface area contributed by atoms with Gasteiger partial charge in [0.2, 0.25) is 5.95 Å². The number of nitrogen functional groups attached to an aromatic ring is 1. The Bertz CT molecular complexity index is 628. The summed E-state index contributed by atoms with van der Waals surface area (Å²) < 4.78 is 0. The van der Waals surface area contributed by atoms with Gasteiger partial charge < -0.3 is 10.6 Å². The zero-order valence-corrected chi connectivity index (χ0v) is 11.3. The molecule has 0 radical (unpaired) electrons. The lowest BCUT2D eigenvalue weighted by Crippen LogP contribution is -2.25. The van der Waals surface area contributed by atoms with Gasteiger partial charge in [0.25, 0.3) is 0 Å². The number of hydrogen-bond acceptors (Lipinski definition) is 6. The Labute approximate surface area is 117 Å². The zero-order valence-electron chi connectivity index (χ0n) is 11.3. The van der Waals surface area contributed by atoms with Gasteiger partial charge in [-0.25, -0.2) is 19.9 Å². The van der Waals surface area contributed by atoms with Crippen molar-refractivity contribution in [3.63, 3.8) is 0 Å². The molecular formula is C14H16N6. The molecule has 2 fully saturated rings. The molecule has 6 nitrogen and oxygen atoms in total. The van der Waals surface area contributed by atoms with Crippen LogP contribution in [0, 0.1) is 17.8 Å². The third-order valence-electron chi connectivity index (χ3n) is 4.48. The second-order valence-electron chi connectivity index (χ2n) is 5.67. The van der Waals surface area contributed by atoms with Gasteiger partial charge in [-0.05, 0) is 23.8 Å². The van der Waals surface area contributed by atoms with Crippen LogP contribution in [-0.2, 0) is 0 Å². The molecule has 2 aromatic rings. The molecule has 4 rings (SSSR count). The highest BCUT2D eigenvalue weighted by molar-refractivity contribution is 5.55. The molecule has 1 aliphatic carbocycles. The lowest BCUT2D eigenvalue weighted by molar-refractivity contribution is 0.677. The van der Waals surface area contributed by atoms with Crippen LogP contribution in [-0.4, -0.2) is 33.0 Å². The Morgan fingerprint density at radius 1 is 1.15 bits per heavy atom. The Morgan fingerprint density at radius 3 is 2.50 bits per heavy atom. The highest BCUT2D eigenvalue weighted by Gasteiger charge is 2.53. The molecule has 0 bridgehead atoms. The summed E-state index contributed by atoms with van der Waals surface area (Å²) in [5.41, 5.74) is 6.45. The maximum absolute atomic E-state index is 5.66. The predicted molar refractivity (Wildman–Crippen MR) is 75.8 cm³/mol. The van der Waals surface area contributed by atoms with Crippen molar-refractivity contribution in [2.75, 3.05) is 23.7 Å². The van der Waals surface area contributed by atoms with E-state index in [1.165, 1.54) is 0 Å². The Kier molecular flexibility index (Phi) is 2.39. The van der Waals surface area contributed by atoms with Gasteiger partial charge in [0.15, 0.2) is 5.82 Å². The first-order chi connectivity index (χ1) is 9.72. The number of anilines is 2. The van der Waals surface area contributed by atoms with Crippen LogP contribution < -0.4 is 10.6 Å². The fourth-order valence-corrected chi connectivity index (χ4v) is 3.10. The van der Waals surface area contributed by atoms with Crippen molar-refractivity contribution in [1.29, 1.82) is 0 Å². The summed E-state index contributed by atoms with van der Waals surface area (Å²) in [7, 11) is 0. The summed E-state index contributed by atoms with van der Waals surface area (Å²) in [5.74, 6) is 4.39. The SMILES string of the molecule is CC1C2CN(c3ncc(-c4nccc(N)n4)cn3)CC12. The number of nitrogens with zero attached hydrogens (tertiary/aromatic N) is 5. The monoisotopic (exact) mass is 268 g/mol. The normalized spacial score (nSPS) is 27.4. The van der Waals surface area contributed by atoms with E-state index >= 15 is 0 Å². The van der Waals surface area contributed by atoms with Crippen molar-refractivity contribution in [1.82, 2.24) is 19.9 Å². The Morgan fingerprint density at radius 2 is 1.85 bits per heavy atom. The van der Waals surface area contributed by atoms with E-state index in [-0.39, 0.29) is 0 Å². The van der Waals surface area contributed by atoms with Gasteiger partial charge in [-0.2, -0.15) is 0 Å². The van der Waals surface area contributed by atoms with Crippen LogP contribution in [0.3, 0.4) is 0 Å². The predicted octanol–water partition coefficient (Wildman–Crippen LogP) is 1.22. The smallest absolute Gasteiger partial charge is 0.225 e. The van der Waals surface area contributed by atoms with Crippen molar-refractivity contribution in [2.24, 2.45) is 17.8 Å². The van der Waals surface area contributed by atoms with Crippen molar-refractivity contribution in [3.8, 4) is 11.4 Å². The summed E-state index contributed by atoms with van der Waals surface area (Å²) in [6.07, 6.45) is 5.18. The third-order valence-corrected chi connectivity index (χ3v) is 4.48. The number of aromatic nitrogens is 4. The summed E-state index contributed by atoms with van der Waals surface area (Å²) in [4.78, 5) is 19.5. The van der Waals surface area contributed by atoms with Gasteiger partial charge >= 0.3 is 0 Å². The fourth-order valence-electron chi connectivity index (χ4n) is 3.10. The van der Waals surface area contributed by atoms with E-state index in [9.17, 15) is 0 Å². The third kappa shape index (κ3) is 1.79. The van der Waals surface area contributed by atoms with Gasteiger partial charge in [-0.3, -0.25) is 0 Å². The topological polar surface area (TPSA) is 80.8 Å². The molecule has 2 N–H and O–H groups in total. The number of piperidine rings is 1. The van der Waals surface area contributed by atoms with Crippen LogP contribution in [0.25, 0.3) is 11.4 Å². The lowest BCUT2D eigenvalue weighted by Gasteiger charge is -2.18. The van der Waals surface area contributed by atoms with E-state index in [1.54, 1.807) is 24.7 Å². The van der Waals surface area contributed by atoms with Crippen LogP contribution in [0.2, 0.25) is 0 Å². The first-order valence-corrected chi connectivity index (χ1v) is 6.88. The standard InChI is InChI=1S/C14H16N6/c1-8-10-6-20(7-11(8)10)14-17-4-9(5-18-14)13-16-3-2-12(15)19-13/h2-5,8,10-11H,6-7H2,1H3,(H2,15,16,19). The number of fused-ring (bicyclic) bond motifs is 1. The highest BCUT2D eigenvalue weighted by Crippen LogP contribution is 2.51. The minimum absolute atomic E-state index is 0.452. The highest BCUT2D eigenvalue weighted by atomic mass is 15.3. The van der Waals surface area contributed by atoms with Crippen LogP contribution >= 0.6 is 0 Å². The summed E-state index contributed by atoms with van der Waals surface area (Å²) in [5, 5.41) is 0. The van der Waals surface area contributed by atoms with E-state index in [2.05, 4.69) is 31.8 Å². The molecule has 6 heteroatoms. The van der Waals surface area contributed by atoms with Gasteiger partial charge in [-0.15, -0.1) is 0 Å². The molecule has 2 unspecified atom stereocenters. The molecule has 102 valence electrons. The van der Waals surface area contributed by atoms with Gasteiger partial charge in [-0.1, -0.05) is 6.92 Å². The average Bonchev–Trinajstić information content (AvgIpc) is 2.90. The summed E-state index contributed by atoms with van der Waals surface area (Å²) in [6.45, 7) is 4.49. The molecule has 0 aromatic carbocycles. The number of hydrogen-bond donors (Lipinski definition) is 1. The van der Waals surface area contributed by atoms with E-state index in [0.717, 1.165) is 42.4 Å². The van der Waals surface area contributed by atoms with Gasteiger partial charge in [0.1, 0.15) is 5.82 Å². The summed E-state index contributed by atoms with van der Waals surface area (Å²) in [6, 6.07) is 1.66. The van der Waals surface area contributed by atoms with Gasteiger partial charge in [0.05, 0.1) is 5.56 Å². The van der Waals surface area contributed by atoms with Crippen LogP contribution in [0.1, 0.15) is 6.92 Å². The molecule has 1 saturated heterocycles. The van der Waals surface area contributed by atoms with E-state index in [0.29, 0.717) is 11.6 Å². The lowest BCUT2D eigenvalue weighted by atomic mass is 10.3. The maximum atomic E-state index is 5.66. The van der Waals surface area contributed by atoms with Gasteiger partial charge in [0, 0.05) is 31.7 Å². The number of rotatable bonds is 2. The first-order valence-electron chi connectivity index (χ1n) is 6.88. The molecule has 0 amide bonds. The van der Waals surface area contributed by atoms with Crippen LogP contribution in [0.5, 0.6) is 0 Å². The summed E-state index contributed by atoms with van der Waals surface area (Å²) >= 11 is 0. The van der Waals surface area contributed by atoms with E-state index < -0.39 is 0 Å². The zero-order chi connectivity index (χ0) is 13.7. The molecule has 2 atom stereocenters. The van der Waals surface area contributed by atoms with Crippen molar-refractivity contribution in [2.45, 2.75) is 6.92 Å². The average molecular weight is 268 g/mol. The Balaban J connectivity index is 1.54. The molecule has 2 aliphatic rings. The molecular weight excluding hydrogens is 252 g/mol. The molecule has 2 aromatic heterocycles. The minimum Gasteiger partial charge on any atom is -0.384 e. The van der Waals surface area contributed by atoms with E-state index in [1.807, 2.05) is 0 Å². The Hall–Kier alpha value is -2.24. The quantitative estimate of drug-likeness (QED) is 0.882. The molecule has 0 spiro atoms. The molecule has 3 heterocycles. The van der Waals surface area contributed by atoms with E-state index in [4.69, 9.17) is 5.73 Å². The van der Waals surface area contributed by atoms with Crippen molar-refractivity contribution in [3.05, 3.63) is 24.7 Å². The van der Waals surface area contributed by atoms with Crippen LogP contribution in [0.4, 0.5) is 11.8 Å².